The number of carboxylic acids is 1. The number of anilines is 3. The molecule has 4 aromatic carbocycles. The zero-order chi connectivity index (χ0) is 30.2. The van der Waals surface area contributed by atoms with Gasteiger partial charge in [-0.05, 0) is 78.9 Å². The molecule has 222 valence electrons. The van der Waals surface area contributed by atoms with E-state index in [2.05, 4.69) is 26.3 Å². The molecule has 1 saturated heterocycles. The highest BCUT2D eigenvalue weighted by Gasteiger charge is 2.25. The predicted octanol–water partition coefficient (Wildman–Crippen LogP) is 7.33. The topological polar surface area (TPSA) is 91.3 Å². The Kier molecular flexibility index (Phi) is 9.84. The summed E-state index contributed by atoms with van der Waals surface area (Å²) in [5.41, 5.74) is 7.47. The first-order valence-corrected chi connectivity index (χ1v) is 15.0. The van der Waals surface area contributed by atoms with Crippen molar-refractivity contribution >= 4 is 44.9 Å². The molecule has 43 heavy (non-hydrogen) atoms. The van der Waals surface area contributed by atoms with Crippen molar-refractivity contribution in [3.8, 4) is 11.5 Å². The van der Waals surface area contributed by atoms with Crippen LogP contribution in [0.25, 0.3) is 0 Å². The average molecular weight is 645 g/mol. The van der Waals surface area contributed by atoms with Gasteiger partial charge >= 0.3 is 5.97 Å². The third-order valence-electron chi connectivity index (χ3n) is 7.35. The molecule has 1 aliphatic heterocycles. The largest absolute Gasteiger partial charge is 0.496 e. The van der Waals surface area contributed by atoms with Crippen LogP contribution in [-0.4, -0.2) is 37.2 Å². The van der Waals surface area contributed by atoms with E-state index >= 15 is 0 Å². The Morgan fingerprint density at radius 2 is 1.63 bits per heavy atom. The van der Waals surface area contributed by atoms with Gasteiger partial charge in [0.1, 0.15) is 23.7 Å². The Morgan fingerprint density at radius 3 is 2.33 bits per heavy atom. The van der Waals surface area contributed by atoms with Crippen LogP contribution in [0.4, 0.5) is 17.1 Å². The molecule has 0 aliphatic carbocycles. The number of halogens is 1. The number of hydrazine groups is 1. The molecule has 0 atom stereocenters. The average Bonchev–Trinajstić information content (AvgIpc) is 3.04. The number of carbonyl (C=O) groups is 2. The minimum absolute atomic E-state index is 0.00352. The number of amides is 1. The van der Waals surface area contributed by atoms with E-state index in [0.29, 0.717) is 22.3 Å². The maximum Gasteiger partial charge on any atom is 0.339 e. The van der Waals surface area contributed by atoms with Crippen LogP contribution in [0.15, 0.2) is 95.5 Å². The fraction of sp³-hybridized carbons (Fsp3) is 0.235. The summed E-state index contributed by atoms with van der Waals surface area (Å²) in [6, 6.07) is 28.4. The fourth-order valence-corrected chi connectivity index (χ4v) is 5.60. The van der Waals surface area contributed by atoms with Crippen molar-refractivity contribution in [1.29, 1.82) is 0 Å². The number of ether oxygens (including phenoxy) is 2. The number of aromatic carboxylic acids is 1. The van der Waals surface area contributed by atoms with Crippen molar-refractivity contribution in [2.45, 2.75) is 32.3 Å². The number of nitrogens with one attached hydrogen (secondary N) is 1. The highest BCUT2D eigenvalue weighted by Crippen LogP contribution is 2.34. The normalized spacial score (nSPS) is 12.8. The van der Waals surface area contributed by atoms with Gasteiger partial charge in [0.25, 0.3) is 0 Å². The monoisotopic (exact) mass is 643 g/mol. The number of methoxy groups -OCH3 is 1. The van der Waals surface area contributed by atoms with Gasteiger partial charge in [0, 0.05) is 17.6 Å². The zero-order valence-electron chi connectivity index (χ0n) is 24.0. The van der Waals surface area contributed by atoms with Gasteiger partial charge in [-0.3, -0.25) is 10.2 Å². The Balaban J connectivity index is 1.43. The Bertz CT molecular complexity index is 1560. The molecule has 0 unspecified atom stereocenters. The molecule has 0 bridgehead atoms. The number of piperidine rings is 1. The summed E-state index contributed by atoms with van der Waals surface area (Å²) in [4.78, 5) is 28.1. The molecule has 2 N–H and O–H groups in total. The van der Waals surface area contributed by atoms with E-state index in [9.17, 15) is 14.7 Å². The first-order chi connectivity index (χ1) is 20.9. The van der Waals surface area contributed by atoms with Crippen LogP contribution in [0.2, 0.25) is 0 Å². The lowest BCUT2D eigenvalue weighted by Gasteiger charge is -2.34. The van der Waals surface area contributed by atoms with Gasteiger partial charge in [0.15, 0.2) is 0 Å². The van der Waals surface area contributed by atoms with Gasteiger partial charge < -0.3 is 19.5 Å². The van der Waals surface area contributed by atoms with Crippen LogP contribution in [0.3, 0.4) is 0 Å². The molecule has 0 aromatic heterocycles. The minimum Gasteiger partial charge on any atom is -0.496 e. The van der Waals surface area contributed by atoms with Crippen molar-refractivity contribution in [3.63, 3.8) is 0 Å². The molecule has 0 saturated carbocycles. The van der Waals surface area contributed by atoms with E-state index in [1.165, 1.54) is 19.6 Å². The lowest BCUT2D eigenvalue weighted by atomic mass is 10.1. The van der Waals surface area contributed by atoms with Gasteiger partial charge in [-0.15, -0.1) is 0 Å². The van der Waals surface area contributed by atoms with Gasteiger partial charge in [0.05, 0.1) is 30.6 Å². The number of para-hydroxylation sites is 2. The second kappa shape index (κ2) is 14.1. The van der Waals surface area contributed by atoms with Gasteiger partial charge in [-0.2, -0.15) is 0 Å². The molecule has 0 radical (unpaired) electrons. The smallest absolute Gasteiger partial charge is 0.339 e. The van der Waals surface area contributed by atoms with Gasteiger partial charge in [0.2, 0.25) is 5.91 Å². The first kappa shape index (κ1) is 30.0. The summed E-state index contributed by atoms with van der Waals surface area (Å²) < 4.78 is 11.8. The number of hydrogen-bond donors (Lipinski definition) is 2. The van der Waals surface area contributed by atoms with E-state index in [1.807, 2.05) is 78.9 Å². The highest BCUT2D eigenvalue weighted by atomic mass is 79.9. The summed E-state index contributed by atoms with van der Waals surface area (Å²) in [5, 5.41) is 11.1. The number of hydrogen-bond acceptors (Lipinski definition) is 6. The number of carboxylic acid groups (broad SMARTS) is 1. The summed E-state index contributed by atoms with van der Waals surface area (Å²) in [6.07, 6.45) is 3.39. The van der Waals surface area contributed by atoms with Crippen molar-refractivity contribution in [3.05, 3.63) is 112 Å². The lowest BCUT2D eigenvalue weighted by molar-refractivity contribution is -0.117. The molecule has 1 fully saturated rings. The van der Waals surface area contributed by atoms with Gasteiger partial charge in [-0.1, -0.05) is 58.4 Å². The van der Waals surface area contributed by atoms with Crippen molar-refractivity contribution in [1.82, 2.24) is 0 Å². The Labute approximate surface area is 259 Å². The maximum atomic E-state index is 14.1. The molecule has 1 aliphatic rings. The predicted molar refractivity (Wildman–Crippen MR) is 172 cm³/mol. The number of rotatable bonds is 11. The summed E-state index contributed by atoms with van der Waals surface area (Å²) in [6.45, 7) is 2.30. The second-order valence-electron chi connectivity index (χ2n) is 10.3. The third-order valence-corrected chi connectivity index (χ3v) is 8.09. The molecular formula is C34H34BrN3O5. The van der Waals surface area contributed by atoms with E-state index in [-0.39, 0.29) is 23.6 Å². The highest BCUT2D eigenvalue weighted by molar-refractivity contribution is 9.10. The molecule has 8 nitrogen and oxygen atoms in total. The molecular weight excluding hydrogens is 610 g/mol. The van der Waals surface area contributed by atoms with E-state index in [4.69, 9.17) is 9.47 Å². The maximum absolute atomic E-state index is 14.1. The van der Waals surface area contributed by atoms with Crippen LogP contribution >= 0.6 is 15.9 Å². The second-order valence-corrected chi connectivity index (χ2v) is 11.2. The molecule has 0 spiro atoms. The molecule has 5 rings (SSSR count). The molecule has 1 heterocycles. The third kappa shape index (κ3) is 7.48. The molecule has 4 aromatic rings. The lowest BCUT2D eigenvalue weighted by Crippen LogP contribution is -2.39. The van der Waals surface area contributed by atoms with E-state index in [0.717, 1.165) is 48.6 Å². The van der Waals surface area contributed by atoms with Crippen LogP contribution in [0, 0.1) is 0 Å². The Hall–Kier alpha value is -4.50. The van der Waals surface area contributed by atoms with Crippen LogP contribution in [0.1, 0.15) is 40.7 Å². The number of benzene rings is 4. The van der Waals surface area contributed by atoms with E-state index in [1.54, 1.807) is 11.1 Å². The molecule has 1 amide bonds. The van der Waals surface area contributed by atoms with E-state index < -0.39 is 5.97 Å². The van der Waals surface area contributed by atoms with Crippen molar-refractivity contribution in [2.24, 2.45) is 0 Å². The standard InChI is InChI=1S/C34H34BrN3O5/c1-42-32-20-25(29(35)22-28(32)34(40)41)21-33(39)38(31-13-7-6-12-30(31)37-18-8-3-9-19-37)36-26-14-16-27(17-15-26)43-23-24-10-4-2-5-11-24/h2,4-7,10-17,20,22,36H,3,8-9,18-19,21,23H2,1H3,(H,40,41). The quantitative estimate of drug-likeness (QED) is 0.165. The fourth-order valence-electron chi connectivity index (χ4n) is 5.12. The summed E-state index contributed by atoms with van der Waals surface area (Å²) >= 11 is 3.46. The summed E-state index contributed by atoms with van der Waals surface area (Å²) in [5.74, 6) is -0.418. The first-order valence-electron chi connectivity index (χ1n) is 14.2. The number of nitrogens with zero attached hydrogens (tertiary/aromatic N) is 2. The van der Waals surface area contributed by atoms with Crippen LogP contribution in [-0.2, 0) is 17.8 Å². The van der Waals surface area contributed by atoms with Crippen molar-refractivity contribution < 1.29 is 24.2 Å². The minimum atomic E-state index is -1.11. The van der Waals surface area contributed by atoms with Crippen LogP contribution in [0.5, 0.6) is 11.5 Å². The molecule has 9 heteroatoms. The Morgan fingerprint density at radius 1 is 0.930 bits per heavy atom. The SMILES string of the molecule is COc1cc(CC(=O)N(Nc2ccc(OCc3ccccc3)cc2)c2ccccc2N2CCCCC2)c(Br)cc1C(=O)O. The zero-order valence-corrected chi connectivity index (χ0v) is 25.5. The van der Waals surface area contributed by atoms with Crippen molar-refractivity contribution in [2.75, 3.05) is 35.5 Å². The number of carbonyl (C=O) groups excluding carboxylic acids is 1. The van der Waals surface area contributed by atoms with Crippen LogP contribution < -0.4 is 24.8 Å². The van der Waals surface area contributed by atoms with Gasteiger partial charge in [-0.25, -0.2) is 9.80 Å². The summed E-state index contributed by atoms with van der Waals surface area (Å²) in [7, 11) is 1.41.